The van der Waals surface area contributed by atoms with Crippen LogP contribution < -0.4 is 11.1 Å². The molecule has 0 aliphatic heterocycles. The van der Waals surface area contributed by atoms with Crippen LogP contribution in [0, 0.1) is 0 Å². The second kappa shape index (κ2) is 5.60. The zero-order valence-corrected chi connectivity index (χ0v) is 9.97. The van der Waals surface area contributed by atoms with E-state index in [0.29, 0.717) is 12.8 Å². The molecule has 90 valence electrons. The van der Waals surface area contributed by atoms with Crippen LogP contribution in [0.2, 0.25) is 0 Å². The Morgan fingerprint density at radius 2 is 2.31 bits per heavy atom. The van der Waals surface area contributed by atoms with Crippen molar-refractivity contribution in [2.45, 2.75) is 38.8 Å². The first-order chi connectivity index (χ1) is 7.50. The monoisotopic (exact) mass is 225 g/mol. The molecule has 1 amide bonds. The fourth-order valence-electron chi connectivity index (χ4n) is 1.42. The fourth-order valence-corrected chi connectivity index (χ4v) is 1.42. The van der Waals surface area contributed by atoms with Crippen molar-refractivity contribution in [2.75, 3.05) is 0 Å². The fraction of sp³-hybridized carbons (Fsp3) is 0.700. The van der Waals surface area contributed by atoms with E-state index < -0.39 is 0 Å². The number of carbonyl (C=O) groups excluding carboxylic acids is 1. The maximum atomic E-state index is 11.5. The molecule has 0 saturated heterocycles. The van der Waals surface area contributed by atoms with Gasteiger partial charge in [0.2, 0.25) is 5.91 Å². The third-order valence-electron chi connectivity index (χ3n) is 2.34. The van der Waals surface area contributed by atoms with Crippen molar-refractivity contribution in [2.24, 2.45) is 12.8 Å². The average molecular weight is 225 g/mol. The van der Waals surface area contributed by atoms with Crippen LogP contribution in [0.15, 0.2) is 6.33 Å². The van der Waals surface area contributed by atoms with Crippen LogP contribution in [0.1, 0.15) is 38.6 Å². The molecule has 0 saturated carbocycles. The van der Waals surface area contributed by atoms with E-state index in [-0.39, 0.29) is 18.0 Å². The Labute approximate surface area is 95.2 Å². The standard InChI is InChI=1S/C10H19N5O/c1-7(11)4-5-9(16)13-8(2)10-14-12-6-15(10)3/h6-8H,4-5,11H2,1-3H3,(H,13,16). The topological polar surface area (TPSA) is 85.8 Å². The van der Waals surface area contributed by atoms with Crippen LogP contribution in [0.3, 0.4) is 0 Å². The number of nitrogens with two attached hydrogens (primary N) is 1. The molecule has 0 radical (unpaired) electrons. The molecule has 16 heavy (non-hydrogen) atoms. The van der Waals surface area contributed by atoms with Gasteiger partial charge in [-0.15, -0.1) is 10.2 Å². The molecule has 0 aliphatic rings. The zero-order valence-electron chi connectivity index (χ0n) is 9.97. The Kier molecular flexibility index (Phi) is 4.42. The van der Waals surface area contributed by atoms with Gasteiger partial charge in [0.25, 0.3) is 0 Å². The van der Waals surface area contributed by atoms with E-state index in [1.54, 1.807) is 10.9 Å². The molecule has 1 aromatic heterocycles. The number of hydrogen-bond acceptors (Lipinski definition) is 4. The maximum absolute atomic E-state index is 11.5. The lowest BCUT2D eigenvalue weighted by Crippen LogP contribution is -2.29. The predicted molar refractivity (Wildman–Crippen MR) is 60.4 cm³/mol. The Morgan fingerprint density at radius 1 is 1.62 bits per heavy atom. The third kappa shape index (κ3) is 3.62. The number of nitrogens with one attached hydrogen (secondary N) is 1. The number of amides is 1. The quantitative estimate of drug-likeness (QED) is 0.745. The molecular weight excluding hydrogens is 206 g/mol. The first-order valence-corrected chi connectivity index (χ1v) is 5.39. The number of carbonyl (C=O) groups is 1. The van der Waals surface area contributed by atoms with E-state index in [4.69, 9.17) is 5.73 Å². The number of hydrogen-bond donors (Lipinski definition) is 2. The summed E-state index contributed by atoms with van der Waals surface area (Å²) in [5.41, 5.74) is 5.58. The highest BCUT2D eigenvalue weighted by molar-refractivity contribution is 5.76. The summed E-state index contributed by atoms with van der Waals surface area (Å²) < 4.78 is 1.79. The second-order valence-electron chi connectivity index (χ2n) is 4.11. The molecule has 6 heteroatoms. The van der Waals surface area contributed by atoms with E-state index in [9.17, 15) is 4.79 Å². The van der Waals surface area contributed by atoms with E-state index >= 15 is 0 Å². The lowest BCUT2D eigenvalue weighted by Gasteiger charge is -2.13. The van der Waals surface area contributed by atoms with Gasteiger partial charge in [0.1, 0.15) is 6.33 Å². The molecule has 0 aromatic carbocycles. The van der Waals surface area contributed by atoms with Crippen molar-refractivity contribution in [3.8, 4) is 0 Å². The lowest BCUT2D eigenvalue weighted by molar-refractivity contribution is -0.121. The van der Waals surface area contributed by atoms with Crippen LogP contribution in [0.25, 0.3) is 0 Å². The van der Waals surface area contributed by atoms with E-state index in [1.807, 2.05) is 20.9 Å². The van der Waals surface area contributed by atoms with E-state index in [2.05, 4.69) is 15.5 Å². The van der Waals surface area contributed by atoms with Crippen molar-refractivity contribution < 1.29 is 4.79 Å². The minimum Gasteiger partial charge on any atom is -0.346 e. The van der Waals surface area contributed by atoms with E-state index in [0.717, 1.165) is 5.82 Å². The van der Waals surface area contributed by atoms with Gasteiger partial charge in [0, 0.05) is 19.5 Å². The second-order valence-corrected chi connectivity index (χ2v) is 4.11. The summed E-state index contributed by atoms with van der Waals surface area (Å²) in [7, 11) is 1.85. The Hall–Kier alpha value is -1.43. The van der Waals surface area contributed by atoms with Gasteiger partial charge in [-0.05, 0) is 20.3 Å². The minimum atomic E-state index is -0.131. The van der Waals surface area contributed by atoms with Gasteiger partial charge in [0.05, 0.1) is 6.04 Å². The van der Waals surface area contributed by atoms with Gasteiger partial charge in [0.15, 0.2) is 5.82 Å². The predicted octanol–water partition coefficient (Wildman–Crippen LogP) is 0.120. The summed E-state index contributed by atoms with van der Waals surface area (Å²) >= 11 is 0. The molecule has 1 heterocycles. The zero-order chi connectivity index (χ0) is 12.1. The Bertz CT molecular complexity index is 347. The summed E-state index contributed by atoms with van der Waals surface area (Å²) in [4.78, 5) is 11.5. The SMILES string of the molecule is CC(N)CCC(=O)NC(C)c1nncn1C. The summed E-state index contributed by atoms with van der Waals surface area (Å²) in [6.45, 7) is 3.77. The van der Waals surface area contributed by atoms with Crippen molar-refractivity contribution in [1.82, 2.24) is 20.1 Å². The van der Waals surface area contributed by atoms with Crippen molar-refractivity contribution >= 4 is 5.91 Å². The lowest BCUT2D eigenvalue weighted by atomic mass is 10.2. The normalized spacial score (nSPS) is 14.5. The third-order valence-corrected chi connectivity index (χ3v) is 2.34. The summed E-state index contributed by atoms with van der Waals surface area (Å²) in [5.74, 6) is 0.738. The summed E-state index contributed by atoms with van der Waals surface area (Å²) in [5, 5.41) is 10.6. The molecule has 1 rings (SSSR count). The van der Waals surface area contributed by atoms with E-state index in [1.165, 1.54) is 0 Å². The van der Waals surface area contributed by atoms with Crippen LogP contribution >= 0.6 is 0 Å². The molecular formula is C10H19N5O. The van der Waals surface area contributed by atoms with Crippen molar-refractivity contribution in [1.29, 1.82) is 0 Å². The number of nitrogens with zero attached hydrogens (tertiary/aromatic N) is 3. The van der Waals surface area contributed by atoms with Gasteiger partial charge in [-0.25, -0.2) is 0 Å². The molecule has 6 nitrogen and oxygen atoms in total. The van der Waals surface area contributed by atoms with Gasteiger partial charge in [-0.1, -0.05) is 0 Å². The molecule has 0 fully saturated rings. The summed E-state index contributed by atoms with van der Waals surface area (Å²) in [6, 6.07) is -0.0797. The van der Waals surface area contributed by atoms with Crippen molar-refractivity contribution in [3.63, 3.8) is 0 Å². The minimum absolute atomic E-state index is 0.00667. The van der Waals surface area contributed by atoms with Crippen molar-refractivity contribution in [3.05, 3.63) is 12.2 Å². The number of rotatable bonds is 5. The molecule has 0 aliphatic carbocycles. The Balaban J connectivity index is 2.43. The highest BCUT2D eigenvalue weighted by Gasteiger charge is 2.14. The average Bonchev–Trinajstić information content (AvgIpc) is 2.61. The molecule has 1 aromatic rings. The smallest absolute Gasteiger partial charge is 0.220 e. The first-order valence-electron chi connectivity index (χ1n) is 5.39. The molecule has 3 N–H and O–H groups in total. The highest BCUT2D eigenvalue weighted by Crippen LogP contribution is 2.07. The molecule has 0 spiro atoms. The first kappa shape index (κ1) is 12.6. The molecule has 2 unspecified atom stereocenters. The highest BCUT2D eigenvalue weighted by atomic mass is 16.1. The largest absolute Gasteiger partial charge is 0.346 e. The number of aryl methyl sites for hydroxylation is 1. The molecule has 2 atom stereocenters. The van der Waals surface area contributed by atoms with Gasteiger partial charge in [-0.2, -0.15) is 0 Å². The van der Waals surface area contributed by atoms with Crippen LogP contribution in [0.4, 0.5) is 0 Å². The Morgan fingerprint density at radius 3 is 2.81 bits per heavy atom. The van der Waals surface area contributed by atoms with Crippen LogP contribution in [-0.4, -0.2) is 26.7 Å². The van der Waals surface area contributed by atoms with Crippen LogP contribution in [0.5, 0.6) is 0 Å². The van der Waals surface area contributed by atoms with Gasteiger partial charge < -0.3 is 15.6 Å². The van der Waals surface area contributed by atoms with Gasteiger partial charge >= 0.3 is 0 Å². The molecule has 0 bridgehead atoms. The van der Waals surface area contributed by atoms with Gasteiger partial charge in [-0.3, -0.25) is 4.79 Å². The van der Waals surface area contributed by atoms with Crippen LogP contribution in [-0.2, 0) is 11.8 Å². The number of aromatic nitrogens is 3. The maximum Gasteiger partial charge on any atom is 0.220 e. The summed E-state index contributed by atoms with van der Waals surface area (Å²) in [6.07, 6.45) is 2.75.